The zero-order valence-corrected chi connectivity index (χ0v) is 20.9. The van der Waals surface area contributed by atoms with Crippen molar-refractivity contribution in [2.24, 2.45) is 0 Å². The molecule has 0 aliphatic carbocycles. The van der Waals surface area contributed by atoms with Gasteiger partial charge in [-0.05, 0) is 55.0 Å². The van der Waals surface area contributed by atoms with E-state index in [1.165, 1.54) is 11.1 Å². The number of anilines is 1. The number of amides is 1. The molecule has 9 heteroatoms. The number of nitrogens with zero attached hydrogens (tertiary/aromatic N) is 8. The summed E-state index contributed by atoms with van der Waals surface area (Å²) in [7, 11) is 0. The van der Waals surface area contributed by atoms with Gasteiger partial charge in [0.2, 0.25) is 11.9 Å². The Morgan fingerprint density at radius 2 is 1.67 bits per heavy atom. The Morgan fingerprint density at radius 3 is 2.39 bits per heavy atom. The quantitative estimate of drug-likeness (QED) is 0.393. The summed E-state index contributed by atoms with van der Waals surface area (Å²) in [5, 5.41) is 16.9. The first-order valence-electron chi connectivity index (χ1n) is 12.1. The molecular weight excluding hydrogens is 452 g/mol. The van der Waals surface area contributed by atoms with Gasteiger partial charge in [0.25, 0.3) is 0 Å². The largest absolute Gasteiger partial charge is 0.336 e. The molecule has 0 bridgehead atoms. The lowest BCUT2D eigenvalue weighted by atomic mass is 10.1. The van der Waals surface area contributed by atoms with Crippen molar-refractivity contribution in [3.63, 3.8) is 0 Å². The Balaban J connectivity index is 1.22. The highest BCUT2D eigenvalue weighted by Crippen LogP contribution is 2.19. The molecule has 36 heavy (non-hydrogen) atoms. The van der Waals surface area contributed by atoms with E-state index < -0.39 is 0 Å². The molecule has 0 unspecified atom stereocenters. The van der Waals surface area contributed by atoms with Gasteiger partial charge in [0.15, 0.2) is 0 Å². The summed E-state index contributed by atoms with van der Waals surface area (Å²) in [5.74, 6) is 0.693. The van der Waals surface area contributed by atoms with Gasteiger partial charge in [-0.2, -0.15) is 9.78 Å². The standard InChI is InChI=1S/C27H30N8O/c1-20-9-11-23(12-10-20)19-34-22(3)25(21(2)29-34)13-14-26(36)32-15-17-33(18-16-32)27-28-30-31-35(27)24-7-5-4-6-8-24/h4-14H,15-19H2,1-3H3/b14-13+. The molecule has 1 saturated heterocycles. The minimum atomic E-state index is 0.00221. The normalized spacial score (nSPS) is 14.1. The molecule has 9 nitrogen and oxygen atoms in total. The SMILES string of the molecule is Cc1ccc(Cn2nc(C)c(/C=C/C(=O)N3CCN(c4nnnn4-c4ccccc4)CC3)c2C)cc1. The maximum absolute atomic E-state index is 13.0. The van der Waals surface area contributed by atoms with Gasteiger partial charge in [-0.3, -0.25) is 9.48 Å². The van der Waals surface area contributed by atoms with Crippen molar-refractivity contribution in [1.29, 1.82) is 0 Å². The minimum absolute atomic E-state index is 0.00221. The van der Waals surface area contributed by atoms with Gasteiger partial charge < -0.3 is 9.80 Å². The van der Waals surface area contributed by atoms with Crippen LogP contribution in [0, 0.1) is 20.8 Å². The number of hydrogen-bond acceptors (Lipinski definition) is 6. The third kappa shape index (κ3) is 4.91. The van der Waals surface area contributed by atoms with E-state index in [0.29, 0.717) is 38.7 Å². The van der Waals surface area contributed by atoms with Crippen molar-refractivity contribution in [2.75, 3.05) is 31.1 Å². The average Bonchev–Trinajstić information content (AvgIpc) is 3.49. The zero-order valence-electron chi connectivity index (χ0n) is 20.9. The summed E-state index contributed by atoms with van der Waals surface area (Å²) in [6, 6.07) is 18.3. The van der Waals surface area contributed by atoms with E-state index in [4.69, 9.17) is 5.10 Å². The Morgan fingerprint density at radius 1 is 0.944 bits per heavy atom. The van der Waals surface area contributed by atoms with E-state index in [-0.39, 0.29) is 5.91 Å². The molecule has 4 aromatic rings. The highest BCUT2D eigenvalue weighted by Gasteiger charge is 2.24. The van der Waals surface area contributed by atoms with Gasteiger partial charge in [0.1, 0.15) is 0 Å². The second kappa shape index (κ2) is 10.2. The molecule has 1 aliphatic heterocycles. The number of para-hydroxylation sites is 1. The van der Waals surface area contributed by atoms with Crippen molar-refractivity contribution in [3.05, 3.63) is 88.8 Å². The van der Waals surface area contributed by atoms with E-state index in [9.17, 15) is 4.79 Å². The summed E-state index contributed by atoms with van der Waals surface area (Å²) >= 11 is 0. The fraction of sp³-hybridized carbons (Fsp3) is 0.296. The molecule has 1 amide bonds. The van der Waals surface area contributed by atoms with Crippen molar-refractivity contribution in [1.82, 2.24) is 34.9 Å². The fourth-order valence-electron chi connectivity index (χ4n) is 4.48. The van der Waals surface area contributed by atoms with Crippen LogP contribution in [0.25, 0.3) is 11.8 Å². The maximum Gasteiger partial charge on any atom is 0.250 e. The minimum Gasteiger partial charge on any atom is -0.336 e. The summed E-state index contributed by atoms with van der Waals surface area (Å²) in [4.78, 5) is 16.9. The molecule has 1 fully saturated rings. The first-order valence-corrected chi connectivity index (χ1v) is 12.1. The molecule has 0 radical (unpaired) electrons. The third-order valence-electron chi connectivity index (χ3n) is 6.61. The van der Waals surface area contributed by atoms with Crippen LogP contribution in [-0.2, 0) is 11.3 Å². The number of rotatable bonds is 6. The number of aryl methyl sites for hydroxylation is 2. The maximum atomic E-state index is 13.0. The van der Waals surface area contributed by atoms with Crippen LogP contribution in [0.1, 0.15) is 28.1 Å². The first kappa shape index (κ1) is 23.5. The van der Waals surface area contributed by atoms with Gasteiger partial charge in [-0.25, -0.2) is 0 Å². The van der Waals surface area contributed by atoms with Gasteiger partial charge in [-0.1, -0.05) is 53.1 Å². The van der Waals surface area contributed by atoms with Gasteiger partial charge in [0, 0.05) is 43.5 Å². The molecule has 2 aromatic carbocycles. The Kier molecular flexibility index (Phi) is 6.62. The van der Waals surface area contributed by atoms with Crippen LogP contribution in [0.4, 0.5) is 5.95 Å². The van der Waals surface area contributed by atoms with Gasteiger partial charge in [0.05, 0.1) is 17.9 Å². The molecule has 0 spiro atoms. The van der Waals surface area contributed by atoms with Crippen LogP contribution >= 0.6 is 0 Å². The predicted octanol–water partition coefficient (Wildman–Crippen LogP) is 3.19. The molecule has 0 atom stereocenters. The number of tetrazole rings is 1. The smallest absolute Gasteiger partial charge is 0.250 e. The summed E-state index contributed by atoms with van der Waals surface area (Å²) in [5.41, 5.74) is 6.32. The molecule has 2 aromatic heterocycles. The molecule has 5 rings (SSSR count). The number of aromatic nitrogens is 6. The molecule has 1 aliphatic rings. The summed E-state index contributed by atoms with van der Waals surface area (Å²) in [6.45, 7) is 9.37. The third-order valence-corrected chi connectivity index (χ3v) is 6.61. The van der Waals surface area contributed by atoms with Crippen LogP contribution in [-0.4, -0.2) is 67.0 Å². The van der Waals surface area contributed by atoms with E-state index in [2.05, 4.69) is 51.6 Å². The lowest BCUT2D eigenvalue weighted by molar-refractivity contribution is -0.126. The van der Waals surface area contributed by atoms with Gasteiger partial charge >= 0.3 is 0 Å². The first-order chi connectivity index (χ1) is 17.5. The monoisotopic (exact) mass is 482 g/mol. The zero-order chi connectivity index (χ0) is 25.1. The van der Waals surface area contributed by atoms with Gasteiger partial charge in [-0.15, -0.1) is 0 Å². The lowest BCUT2D eigenvalue weighted by Gasteiger charge is -2.34. The molecule has 184 valence electrons. The topological polar surface area (TPSA) is 85.0 Å². The van der Waals surface area contributed by atoms with E-state index in [1.807, 2.05) is 59.8 Å². The lowest BCUT2D eigenvalue weighted by Crippen LogP contribution is -2.49. The Bertz CT molecular complexity index is 1360. The number of hydrogen-bond donors (Lipinski definition) is 0. The summed E-state index contributed by atoms with van der Waals surface area (Å²) < 4.78 is 3.73. The summed E-state index contributed by atoms with van der Waals surface area (Å²) in [6.07, 6.45) is 3.56. The predicted molar refractivity (Wildman–Crippen MR) is 139 cm³/mol. The van der Waals surface area contributed by atoms with Crippen molar-refractivity contribution < 1.29 is 4.79 Å². The second-order valence-electron chi connectivity index (χ2n) is 9.10. The molecule has 0 saturated carbocycles. The molecular formula is C27H30N8O. The van der Waals surface area contributed by atoms with Crippen LogP contribution in [0.2, 0.25) is 0 Å². The number of piperazine rings is 1. The number of carbonyl (C=O) groups is 1. The fourth-order valence-corrected chi connectivity index (χ4v) is 4.48. The van der Waals surface area contributed by atoms with Crippen molar-refractivity contribution in [2.45, 2.75) is 27.3 Å². The Labute approximate surface area is 210 Å². The average molecular weight is 483 g/mol. The second-order valence-corrected chi connectivity index (χ2v) is 9.10. The van der Waals surface area contributed by atoms with Crippen LogP contribution in [0.15, 0.2) is 60.7 Å². The van der Waals surface area contributed by atoms with Crippen molar-refractivity contribution >= 4 is 17.9 Å². The van der Waals surface area contributed by atoms with Crippen LogP contribution in [0.5, 0.6) is 0 Å². The molecule has 0 N–H and O–H groups in total. The highest BCUT2D eigenvalue weighted by molar-refractivity contribution is 5.92. The number of carbonyl (C=O) groups excluding carboxylic acids is 1. The molecule has 3 heterocycles. The van der Waals surface area contributed by atoms with E-state index >= 15 is 0 Å². The van der Waals surface area contributed by atoms with Crippen LogP contribution in [0.3, 0.4) is 0 Å². The highest BCUT2D eigenvalue weighted by atomic mass is 16.2. The van der Waals surface area contributed by atoms with Crippen molar-refractivity contribution in [3.8, 4) is 5.69 Å². The van der Waals surface area contributed by atoms with E-state index in [1.54, 1.807) is 10.8 Å². The number of benzene rings is 2. The Hall–Kier alpha value is -4.27. The van der Waals surface area contributed by atoms with Crippen LogP contribution < -0.4 is 4.90 Å². The van der Waals surface area contributed by atoms with E-state index in [0.717, 1.165) is 22.6 Å².